The Morgan fingerprint density at radius 3 is 2.16 bits per heavy atom. The van der Waals surface area contributed by atoms with Gasteiger partial charge in [-0.25, -0.2) is 23.3 Å². The predicted octanol–water partition coefficient (Wildman–Crippen LogP) is 5.89. The van der Waals surface area contributed by atoms with Gasteiger partial charge in [-0.3, -0.25) is 0 Å². The number of aromatic nitrogens is 2. The summed E-state index contributed by atoms with van der Waals surface area (Å²) in [6.45, 7) is 6.09. The van der Waals surface area contributed by atoms with Gasteiger partial charge < -0.3 is 14.4 Å². The number of imidazole rings is 1. The molecule has 204 valence electrons. The molecule has 1 aromatic carbocycles. The number of hydrogen-bond acceptors (Lipinski definition) is 6. The first-order chi connectivity index (χ1) is 17.6. The van der Waals surface area contributed by atoms with Crippen molar-refractivity contribution < 1.29 is 23.1 Å². The lowest BCUT2D eigenvalue weighted by Crippen LogP contribution is -2.41. The molecule has 1 atom stereocenters. The molecule has 3 N–H and O–H groups in total. The van der Waals surface area contributed by atoms with E-state index in [1.165, 1.54) is 0 Å². The Morgan fingerprint density at radius 1 is 1.08 bits per heavy atom. The number of aliphatic hydroxyl groups is 1. The van der Waals surface area contributed by atoms with E-state index in [4.69, 9.17) is 9.88 Å². The molecule has 1 aliphatic heterocycles. The maximum absolute atomic E-state index is 13.6. The molecule has 0 radical (unpaired) electrons. The van der Waals surface area contributed by atoms with Crippen LogP contribution < -0.4 is 5.14 Å². The quantitative estimate of drug-likeness (QED) is 0.245. The van der Waals surface area contributed by atoms with E-state index in [0.29, 0.717) is 30.7 Å². The van der Waals surface area contributed by atoms with Gasteiger partial charge in [-0.15, -0.1) is 0 Å². The Kier molecular flexibility index (Phi) is 9.58. The highest BCUT2D eigenvalue weighted by molar-refractivity contribution is 7.89. The van der Waals surface area contributed by atoms with Crippen molar-refractivity contribution in [3.63, 3.8) is 0 Å². The van der Waals surface area contributed by atoms with Crippen LogP contribution in [0, 0.1) is 0 Å². The third kappa shape index (κ3) is 6.44. The molecule has 0 aliphatic carbocycles. The number of cyclic esters (lactones) is 1. The van der Waals surface area contributed by atoms with Gasteiger partial charge in [-0.05, 0) is 32.1 Å². The summed E-state index contributed by atoms with van der Waals surface area (Å²) in [5.74, 6) is -0.957. The third-order valence-corrected chi connectivity index (χ3v) is 8.13. The molecule has 2 aromatic rings. The summed E-state index contributed by atoms with van der Waals surface area (Å²) < 4.78 is 33.0. The molecule has 0 amide bonds. The number of primary sulfonamides is 1. The molecule has 37 heavy (non-hydrogen) atoms. The van der Waals surface area contributed by atoms with Crippen LogP contribution in [-0.4, -0.2) is 34.6 Å². The number of carbonyl (C=O) groups excluding carboxylic acids is 1. The Hall–Kier alpha value is -2.65. The second kappa shape index (κ2) is 12.3. The monoisotopic (exact) mass is 531 g/mol. The standard InChI is InChI=1S/C28H41N3O5S/c1-5-8-13-17-28(18-14-9-6-2)19-22(32)23(27(33)36-28)21(7-3)24-26(37(29,34)35)30-25(31(24)4)20-15-11-10-12-16-20/h10-12,15-16,21,32H,5-9,13-14,17-19H2,1-4H3,(H2,29,34,35). The Labute approximate surface area is 221 Å². The number of sulfonamides is 1. The topological polar surface area (TPSA) is 125 Å². The second-order valence-corrected chi connectivity index (χ2v) is 11.6. The van der Waals surface area contributed by atoms with Crippen molar-refractivity contribution in [1.29, 1.82) is 0 Å². The van der Waals surface area contributed by atoms with E-state index in [2.05, 4.69) is 18.8 Å². The molecule has 0 saturated carbocycles. The van der Waals surface area contributed by atoms with Gasteiger partial charge in [0.25, 0.3) is 10.0 Å². The van der Waals surface area contributed by atoms with Gasteiger partial charge >= 0.3 is 5.97 Å². The summed E-state index contributed by atoms with van der Waals surface area (Å²) in [6.07, 6.45) is 7.92. The number of aliphatic hydroxyl groups excluding tert-OH is 1. The largest absolute Gasteiger partial charge is 0.512 e. The highest BCUT2D eigenvalue weighted by Crippen LogP contribution is 2.44. The number of esters is 1. The number of ether oxygens (including phenoxy) is 1. The maximum atomic E-state index is 13.6. The normalized spacial score (nSPS) is 16.6. The summed E-state index contributed by atoms with van der Waals surface area (Å²) in [5, 5.41) is 16.6. The van der Waals surface area contributed by atoms with E-state index in [1.54, 1.807) is 11.6 Å². The van der Waals surface area contributed by atoms with Gasteiger partial charge in [0.15, 0.2) is 5.03 Å². The molecule has 3 rings (SSSR count). The fraction of sp³-hybridized carbons (Fsp3) is 0.571. The van der Waals surface area contributed by atoms with Crippen molar-refractivity contribution in [3.8, 4) is 11.4 Å². The van der Waals surface area contributed by atoms with Crippen molar-refractivity contribution in [2.75, 3.05) is 0 Å². The molecule has 1 unspecified atom stereocenters. The van der Waals surface area contributed by atoms with Crippen molar-refractivity contribution in [2.45, 2.75) is 102 Å². The van der Waals surface area contributed by atoms with Crippen LogP contribution in [0.4, 0.5) is 0 Å². The average Bonchev–Trinajstić information content (AvgIpc) is 3.20. The van der Waals surface area contributed by atoms with Crippen LogP contribution in [-0.2, 0) is 26.6 Å². The zero-order chi connectivity index (χ0) is 27.2. The molecule has 0 fully saturated rings. The highest BCUT2D eigenvalue weighted by Gasteiger charge is 2.44. The number of carbonyl (C=O) groups is 1. The summed E-state index contributed by atoms with van der Waals surface area (Å²) in [6, 6.07) is 9.18. The lowest BCUT2D eigenvalue weighted by molar-refractivity contribution is -0.161. The van der Waals surface area contributed by atoms with Crippen molar-refractivity contribution >= 4 is 16.0 Å². The van der Waals surface area contributed by atoms with E-state index in [1.807, 2.05) is 37.3 Å². The molecular weight excluding hydrogens is 490 g/mol. The van der Waals surface area contributed by atoms with Crippen LogP contribution in [0.1, 0.15) is 96.6 Å². The number of unbranched alkanes of at least 4 members (excludes halogenated alkanes) is 4. The lowest BCUT2D eigenvalue weighted by atomic mass is 9.80. The smallest absolute Gasteiger partial charge is 0.338 e. The van der Waals surface area contributed by atoms with Gasteiger partial charge in [-0.1, -0.05) is 76.8 Å². The van der Waals surface area contributed by atoms with Crippen molar-refractivity contribution in [1.82, 2.24) is 9.55 Å². The zero-order valence-electron chi connectivity index (χ0n) is 22.5. The Bertz CT molecular complexity index is 1210. The Morgan fingerprint density at radius 2 is 1.68 bits per heavy atom. The van der Waals surface area contributed by atoms with Crippen LogP contribution in [0.2, 0.25) is 0 Å². The molecule has 8 nitrogen and oxygen atoms in total. The van der Waals surface area contributed by atoms with Gasteiger partial charge in [0.1, 0.15) is 17.2 Å². The van der Waals surface area contributed by atoms with Gasteiger partial charge in [0.05, 0.1) is 11.3 Å². The number of hydrogen-bond donors (Lipinski definition) is 2. The van der Waals surface area contributed by atoms with E-state index in [9.17, 15) is 18.3 Å². The molecule has 1 aliphatic rings. The first-order valence-electron chi connectivity index (χ1n) is 13.4. The minimum Gasteiger partial charge on any atom is -0.512 e. The van der Waals surface area contributed by atoms with Crippen molar-refractivity contribution in [3.05, 3.63) is 47.4 Å². The first-order valence-corrected chi connectivity index (χ1v) is 14.9. The van der Waals surface area contributed by atoms with Crippen LogP contribution in [0.3, 0.4) is 0 Å². The SMILES string of the molecule is CCCCCC1(CCCCC)CC(O)=C(C(CC)c2c(S(N)(=O)=O)nc(-c3ccccc3)n2C)C(=O)O1. The zero-order valence-corrected chi connectivity index (χ0v) is 23.3. The lowest BCUT2D eigenvalue weighted by Gasteiger charge is -2.39. The third-order valence-electron chi connectivity index (χ3n) is 7.30. The minimum atomic E-state index is -4.21. The fourth-order valence-corrected chi connectivity index (χ4v) is 6.19. The fourth-order valence-electron chi connectivity index (χ4n) is 5.41. The molecule has 0 spiro atoms. The van der Waals surface area contributed by atoms with Crippen LogP contribution in [0.25, 0.3) is 11.4 Å². The molecular formula is C28H41N3O5S. The van der Waals surface area contributed by atoms with E-state index < -0.39 is 27.5 Å². The summed E-state index contributed by atoms with van der Waals surface area (Å²) in [4.78, 5) is 17.9. The summed E-state index contributed by atoms with van der Waals surface area (Å²) in [7, 11) is -2.51. The summed E-state index contributed by atoms with van der Waals surface area (Å²) in [5.41, 5.74) is 0.340. The van der Waals surface area contributed by atoms with Gasteiger partial charge in [0.2, 0.25) is 0 Å². The number of benzene rings is 1. The molecule has 9 heteroatoms. The van der Waals surface area contributed by atoms with E-state index in [0.717, 1.165) is 38.5 Å². The van der Waals surface area contributed by atoms with Crippen LogP contribution in [0.5, 0.6) is 0 Å². The molecule has 2 heterocycles. The number of nitrogens with two attached hydrogens (primary N) is 1. The Balaban J connectivity index is 2.09. The highest BCUT2D eigenvalue weighted by atomic mass is 32.2. The van der Waals surface area contributed by atoms with Crippen molar-refractivity contribution in [2.24, 2.45) is 12.2 Å². The number of rotatable bonds is 13. The summed E-state index contributed by atoms with van der Waals surface area (Å²) >= 11 is 0. The maximum Gasteiger partial charge on any atom is 0.338 e. The predicted molar refractivity (Wildman–Crippen MR) is 144 cm³/mol. The molecule has 0 saturated heterocycles. The van der Waals surface area contributed by atoms with E-state index in [-0.39, 0.29) is 28.5 Å². The van der Waals surface area contributed by atoms with Gasteiger partial charge in [0, 0.05) is 24.9 Å². The number of nitrogens with zero attached hydrogens (tertiary/aromatic N) is 2. The average molecular weight is 532 g/mol. The van der Waals surface area contributed by atoms with Crippen LogP contribution in [0.15, 0.2) is 46.7 Å². The van der Waals surface area contributed by atoms with Gasteiger partial charge in [-0.2, -0.15) is 0 Å². The van der Waals surface area contributed by atoms with Crippen LogP contribution >= 0.6 is 0 Å². The second-order valence-electron chi connectivity index (χ2n) is 10.1. The van der Waals surface area contributed by atoms with E-state index >= 15 is 0 Å². The molecule has 1 aromatic heterocycles. The minimum absolute atomic E-state index is 0.0288. The molecule has 0 bridgehead atoms. The first kappa shape index (κ1) is 28.9.